The molecule has 7 N–H and O–H groups in total. The van der Waals surface area contributed by atoms with Crippen LogP contribution in [0.25, 0.3) is 21.5 Å². The Morgan fingerprint density at radius 2 is 0.754 bits per heavy atom. The Hall–Kier alpha value is -6.75. The fraction of sp³-hybridized carbons (Fsp3) is 0. The number of primary sulfonamides is 3. The van der Waals surface area contributed by atoms with Crippen LogP contribution < -0.4 is 15.4 Å². The average molecular weight is 974 g/mol. The zero-order valence-corrected chi connectivity index (χ0v) is 37.0. The van der Waals surface area contributed by atoms with Crippen molar-refractivity contribution < 1.29 is 58.0 Å². The molecule has 0 fully saturated rings. The van der Waals surface area contributed by atoms with Crippen molar-refractivity contribution in [2.45, 2.75) is 19.6 Å². The summed E-state index contributed by atoms with van der Waals surface area (Å²) in [6.45, 7) is 0. The molecule has 0 atom stereocenters. The molecule has 65 heavy (non-hydrogen) atoms. The van der Waals surface area contributed by atoms with Gasteiger partial charge in [-0.25, -0.2) is 49.1 Å². The molecular formula is C44H32ClN3O13S4. The summed E-state index contributed by atoms with van der Waals surface area (Å²) in [6.07, 6.45) is 2.15. The number of carbonyl (C=O) groups is 4. The second-order valence-electron chi connectivity index (χ2n) is 13.8. The van der Waals surface area contributed by atoms with Gasteiger partial charge in [0.05, 0.1) is 36.3 Å². The lowest BCUT2D eigenvalue weighted by atomic mass is 9.83. The quantitative estimate of drug-likeness (QED) is 0.162. The number of benzene rings is 7. The maximum absolute atomic E-state index is 12.5. The van der Waals surface area contributed by atoms with Gasteiger partial charge in [-0.15, -0.1) is 0 Å². The first kappa shape index (κ1) is 47.7. The van der Waals surface area contributed by atoms with E-state index in [-0.39, 0.29) is 53.8 Å². The molecule has 0 radical (unpaired) electrons. The van der Waals surface area contributed by atoms with Crippen molar-refractivity contribution in [2.24, 2.45) is 15.4 Å². The third-order valence-corrected chi connectivity index (χ3v) is 13.9. The molecule has 0 aromatic heterocycles. The fourth-order valence-corrected chi connectivity index (χ4v) is 10.2. The number of ketones is 4. The molecule has 2 aliphatic carbocycles. The molecular weight excluding hydrogens is 942 g/mol. The van der Waals surface area contributed by atoms with Gasteiger partial charge in [-0.1, -0.05) is 109 Å². The lowest BCUT2D eigenvalue weighted by Gasteiger charge is -2.19. The van der Waals surface area contributed by atoms with Gasteiger partial charge in [0.1, 0.15) is 5.75 Å². The monoisotopic (exact) mass is 973 g/mol. The van der Waals surface area contributed by atoms with Crippen LogP contribution in [0.1, 0.15) is 52.6 Å². The van der Waals surface area contributed by atoms with Gasteiger partial charge in [-0.2, -0.15) is 0 Å². The molecule has 0 saturated heterocycles. The summed E-state index contributed by atoms with van der Waals surface area (Å²) >= 11 is 0. The topological polar surface area (TPSA) is 303 Å². The standard InChI is InChI=1S/C14H9NO5S.C10H7ClO2S.C10H7NO4S.C10H9NO2S/c15-21(19,20)10-6-2-4-8-12(10)14(18)7-3-1-5-9(16)11(7)13(8)17;11-14(12,13)10-7-3-5-8-4-1-2-6-9(8)10;11-16(14,15)9-3-1-2-6-7(12)4-5-8(13)10(6)9;11-14(12,13)10-7-3-5-8-4-1-2-6-9(8)10/h1-6,16H,(H2,15,19,20);1-7H;1-5H,(H2,11,14,15);1-7H,(H2,11,12,13). The summed E-state index contributed by atoms with van der Waals surface area (Å²) in [4.78, 5) is 47.5. The highest BCUT2D eigenvalue weighted by atomic mass is 35.7. The number of aromatic hydroxyl groups is 1. The van der Waals surface area contributed by atoms with E-state index in [1.807, 2.05) is 36.4 Å². The van der Waals surface area contributed by atoms with Crippen molar-refractivity contribution in [3.05, 3.63) is 185 Å². The van der Waals surface area contributed by atoms with E-state index >= 15 is 0 Å². The van der Waals surface area contributed by atoms with Crippen molar-refractivity contribution in [1.82, 2.24) is 0 Å². The highest BCUT2D eigenvalue weighted by Gasteiger charge is 2.35. The first-order chi connectivity index (χ1) is 30.4. The largest absolute Gasteiger partial charge is 0.507 e. The number of nitrogens with two attached hydrogens (primary N) is 3. The first-order valence-electron chi connectivity index (χ1n) is 18.3. The minimum Gasteiger partial charge on any atom is -0.507 e. The lowest BCUT2D eigenvalue weighted by molar-refractivity contribution is 0.0974. The van der Waals surface area contributed by atoms with E-state index in [2.05, 4.69) is 0 Å². The maximum atomic E-state index is 12.5. The van der Waals surface area contributed by atoms with Gasteiger partial charge in [0, 0.05) is 38.1 Å². The maximum Gasteiger partial charge on any atom is 0.261 e. The van der Waals surface area contributed by atoms with Crippen molar-refractivity contribution in [2.75, 3.05) is 0 Å². The number of allylic oxidation sites excluding steroid dienone is 2. The zero-order chi connectivity index (χ0) is 47.6. The van der Waals surface area contributed by atoms with Crippen molar-refractivity contribution in [3.63, 3.8) is 0 Å². The second kappa shape index (κ2) is 18.4. The number of fused-ring (bicyclic) bond motifs is 5. The van der Waals surface area contributed by atoms with Gasteiger partial charge in [-0.3, -0.25) is 19.2 Å². The predicted octanol–water partition coefficient (Wildman–Crippen LogP) is 5.34. The number of hydrogen-bond donors (Lipinski definition) is 4. The number of carbonyl (C=O) groups excluding carboxylic acids is 4. The molecule has 16 nitrogen and oxygen atoms in total. The number of hydrogen-bond acceptors (Lipinski definition) is 13. The Morgan fingerprint density at radius 3 is 1.28 bits per heavy atom. The van der Waals surface area contributed by atoms with Crippen LogP contribution in [0.3, 0.4) is 0 Å². The van der Waals surface area contributed by atoms with Gasteiger partial charge < -0.3 is 5.11 Å². The van der Waals surface area contributed by atoms with Crippen LogP contribution in [-0.2, 0) is 39.1 Å². The normalized spacial score (nSPS) is 13.2. The van der Waals surface area contributed by atoms with E-state index in [0.717, 1.165) is 22.9 Å². The van der Waals surface area contributed by atoms with Crippen LogP contribution in [0, 0.1) is 0 Å². The van der Waals surface area contributed by atoms with E-state index < -0.39 is 67.1 Å². The molecule has 0 unspecified atom stereocenters. The number of phenols is 1. The van der Waals surface area contributed by atoms with Crippen molar-refractivity contribution in [3.8, 4) is 5.75 Å². The molecule has 2 aliphatic rings. The molecule has 21 heteroatoms. The van der Waals surface area contributed by atoms with Gasteiger partial charge in [0.15, 0.2) is 23.1 Å². The molecule has 0 bridgehead atoms. The molecule has 0 aliphatic heterocycles. The molecule has 0 heterocycles. The molecule has 9 rings (SSSR count). The molecule has 0 spiro atoms. The minimum absolute atomic E-state index is 0.0383. The van der Waals surface area contributed by atoms with E-state index in [1.54, 1.807) is 36.4 Å². The number of phenolic OH excluding ortho intramolecular Hbond substituents is 1. The van der Waals surface area contributed by atoms with Crippen LogP contribution in [0.4, 0.5) is 0 Å². The Labute approximate surface area is 376 Å². The average Bonchev–Trinajstić information content (AvgIpc) is 3.25. The second-order valence-corrected chi connectivity index (χ2v) is 20.9. The summed E-state index contributed by atoms with van der Waals surface area (Å²) in [5.41, 5.74) is -0.565. The van der Waals surface area contributed by atoms with E-state index in [4.69, 9.17) is 26.1 Å². The highest BCUT2D eigenvalue weighted by Crippen LogP contribution is 2.35. The Balaban J connectivity index is 0.000000146. The smallest absolute Gasteiger partial charge is 0.261 e. The van der Waals surface area contributed by atoms with Gasteiger partial charge in [-0.05, 0) is 53.3 Å². The van der Waals surface area contributed by atoms with Crippen LogP contribution in [-0.4, -0.2) is 61.9 Å². The van der Waals surface area contributed by atoms with Crippen molar-refractivity contribution in [1.29, 1.82) is 0 Å². The lowest BCUT2D eigenvalue weighted by Crippen LogP contribution is -2.25. The highest BCUT2D eigenvalue weighted by molar-refractivity contribution is 8.14. The summed E-state index contributed by atoms with van der Waals surface area (Å²) < 4.78 is 90.6. The predicted molar refractivity (Wildman–Crippen MR) is 241 cm³/mol. The van der Waals surface area contributed by atoms with E-state index in [9.17, 15) is 58.0 Å². The summed E-state index contributed by atoms with van der Waals surface area (Å²) in [5, 5.41) is 28.0. The summed E-state index contributed by atoms with van der Waals surface area (Å²) in [6, 6.07) is 36.4. The van der Waals surface area contributed by atoms with E-state index in [0.29, 0.717) is 10.8 Å². The summed E-state index contributed by atoms with van der Waals surface area (Å²) in [5.74, 6) is -2.51. The van der Waals surface area contributed by atoms with Crippen LogP contribution in [0.15, 0.2) is 171 Å². The first-order valence-corrected chi connectivity index (χ1v) is 25.3. The van der Waals surface area contributed by atoms with Crippen LogP contribution in [0.2, 0.25) is 0 Å². The van der Waals surface area contributed by atoms with E-state index in [1.165, 1.54) is 66.7 Å². The van der Waals surface area contributed by atoms with Crippen molar-refractivity contribution >= 4 is 94.5 Å². The van der Waals surface area contributed by atoms with Crippen LogP contribution in [0.5, 0.6) is 5.75 Å². The molecule has 0 saturated carbocycles. The van der Waals surface area contributed by atoms with Gasteiger partial charge in [0.2, 0.25) is 30.1 Å². The van der Waals surface area contributed by atoms with Gasteiger partial charge in [0.25, 0.3) is 9.05 Å². The number of halogens is 1. The van der Waals surface area contributed by atoms with Crippen LogP contribution >= 0.6 is 10.7 Å². The minimum atomic E-state index is -4.15. The zero-order valence-electron chi connectivity index (χ0n) is 33.0. The Bertz CT molecular complexity index is 3530. The number of rotatable bonds is 4. The Kier molecular flexibility index (Phi) is 13.5. The molecule has 7 aromatic rings. The third-order valence-electron chi connectivity index (χ3n) is 9.62. The third kappa shape index (κ3) is 10.3. The SMILES string of the molecule is NS(=O)(=O)c1cccc2c1C(=O)C=CC2=O.NS(=O)(=O)c1cccc2c1C(=O)c1cccc(O)c1C2=O.NS(=O)(=O)c1cccc2ccccc12.O=S(=O)(Cl)c1cccc2ccccc12. The number of sulfonamides is 3. The molecule has 332 valence electrons. The fourth-order valence-electron chi connectivity index (χ4n) is 6.83. The molecule has 7 aromatic carbocycles. The van der Waals surface area contributed by atoms with Gasteiger partial charge >= 0.3 is 0 Å². The molecule has 0 amide bonds. The summed E-state index contributed by atoms with van der Waals surface area (Å²) in [7, 11) is -10.1. The Morgan fingerprint density at radius 1 is 0.385 bits per heavy atom.